The summed E-state index contributed by atoms with van der Waals surface area (Å²) in [6, 6.07) is 7.25. The van der Waals surface area contributed by atoms with E-state index < -0.39 is 0 Å². The van der Waals surface area contributed by atoms with Crippen LogP contribution >= 0.6 is 0 Å². The van der Waals surface area contributed by atoms with Gasteiger partial charge in [-0.3, -0.25) is 0 Å². The van der Waals surface area contributed by atoms with Crippen molar-refractivity contribution in [1.82, 2.24) is 10.1 Å². The molecule has 1 aromatic carbocycles. The molecule has 90 valence electrons. The van der Waals surface area contributed by atoms with Gasteiger partial charge in [0.1, 0.15) is 11.5 Å². The molecule has 1 heterocycles. The Labute approximate surface area is 98.3 Å². The van der Waals surface area contributed by atoms with Gasteiger partial charge in [-0.25, -0.2) is 0 Å². The normalized spacial score (nSPS) is 10.2. The number of benzene rings is 1. The highest BCUT2D eigenvalue weighted by atomic mass is 16.5. The third kappa shape index (κ3) is 2.94. The van der Waals surface area contributed by atoms with Crippen LogP contribution in [0.5, 0.6) is 11.5 Å². The summed E-state index contributed by atoms with van der Waals surface area (Å²) in [5.41, 5.74) is 5.35. The Hall–Kier alpha value is -2.08. The quantitative estimate of drug-likeness (QED) is 0.835. The van der Waals surface area contributed by atoms with Crippen molar-refractivity contribution in [2.75, 3.05) is 7.11 Å². The number of hydrogen-bond acceptors (Lipinski definition) is 6. The molecule has 0 fully saturated rings. The molecule has 2 rings (SSSR count). The molecule has 0 aliphatic carbocycles. The number of nitrogens with two attached hydrogens (primary N) is 1. The van der Waals surface area contributed by atoms with Gasteiger partial charge in [-0.2, -0.15) is 4.98 Å². The topological polar surface area (TPSA) is 83.4 Å². The average Bonchev–Trinajstić information content (AvgIpc) is 2.85. The molecule has 0 unspecified atom stereocenters. The van der Waals surface area contributed by atoms with E-state index in [0.717, 1.165) is 5.75 Å². The van der Waals surface area contributed by atoms with Crippen LogP contribution < -0.4 is 15.2 Å². The fourth-order valence-corrected chi connectivity index (χ4v) is 1.25. The van der Waals surface area contributed by atoms with Crippen LogP contribution in [0.2, 0.25) is 0 Å². The predicted molar refractivity (Wildman–Crippen MR) is 59.5 cm³/mol. The van der Waals surface area contributed by atoms with Gasteiger partial charge in [-0.15, -0.1) is 0 Å². The third-order valence-electron chi connectivity index (χ3n) is 2.11. The van der Waals surface area contributed by atoms with Crippen LogP contribution in [0.3, 0.4) is 0 Å². The fourth-order valence-electron chi connectivity index (χ4n) is 1.25. The van der Waals surface area contributed by atoms with Crippen molar-refractivity contribution in [2.24, 2.45) is 5.73 Å². The van der Waals surface area contributed by atoms with E-state index in [1.807, 2.05) is 24.3 Å². The van der Waals surface area contributed by atoms with E-state index >= 15 is 0 Å². The van der Waals surface area contributed by atoms with Crippen molar-refractivity contribution >= 4 is 0 Å². The molecule has 2 N–H and O–H groups in total. The van der Waals surface area contributed by atoms with E-state index in [1.54, 1.807) is 7.11 Å². The van der Waals surface area contributed by atoms with Crippen LogP contribution in [0.1, 0.15) is 11.7 Å². The standard InChI is InChI=1S/C11H13N3O3/c1-15-8-2-4-9(5-3-8)16-7-10-13-11(6-12)17-14-10/h2-5H,6-7,12H2,1H3. The molecule has 6 heteroatoms. The Balaban J connectivity index is 1.92. The number of nitrogens with zero attached hydrogens (tertiary/aromatic N) is 2. The highest BCUT2D eigenvalue weighted by Crippen LogP contribution is 2.17. The number of ether oxygens (including phenoxy) is 2. The van der Waals surface area contributed by atoms with E-state index in [0.29, 0.717) is 17.5 Å². The van der Waals surface area contributed by atoms with Gasteiger partial charge in [0.2, 0.25) is 11.7 Å². The molecule has 0 saturated heterocycles. The summed E-state index contributed by atoms with van der Waals surface area (Å²) in [7, 11) is 1.61. The second-order valence-corrected chi connectivity index (χ2v) is 3.27. The maximum Gasteiger partial charge on any atom is 0.240 e. The zero-order valence-corrected chi connectivity index (χ0v) is 9.42. The molecule has 17 heavy (non-hydrogen) atoms. The molecule has 0 atom stereocenters. The maximum atomic E-state index is 5.47. The van der Waals surface area contributed by atoms with E-state index in [2.05, 4.69) is 10.1 Å². The molecular weight excluding hydrogens is 222 g/mol. The largest absolute Gasteiger partial charge is 0.497 e. The van der Waals surface area contributed by atoms with E-state index in [1.165, 1.54) is 0 Å². The second kappa shape index (κ2) is 5.31. The summed E-state index contributed by atoms with van der Waals surface area (Å²) >= 11 is 0. The number of aromatic nitrogens is 2. The Bertz CT molecular complexity index is 467. The van der Waals surface area contributed by atoms with Crippen molar-refractivity contribution in [3.8, 4) is 11.5 Å². The molecule has 0 aliphatic heterocycles. The molecule has 0 saturated carbocycles. The summed E-state index contributed by atoms with van der Waals surface area (Å²) in [6.45, 7) is 0.478. The van der Waals surface area contributed by atoms with Crippen LogP contribution in [-0.4, -0.2) is 17.3 Å². The molecule has 2 aromatic rings. The van der Waals surface area contributed by atoms with Crippen molar-refractivity contribution < 1.29 is 14.0 Å². The van der Waals surface area contributed by atoms with Gasteiger partial charge in [0.25, 0.3) is 0 Å². The first-order chi connectivity index (χ1) is 8.31. The molecule has 0 aliphatic rings. The zero-order valence-electron chi connectivity index (χ0n) is 9.42. The van der Waals surface area contributed by atoms with Crippen LogP contribution in [0.4, 0.5) is 0 Å². The monoisotopic (exact) mass is 235 g/mol. The number of methoxy groups -OCH3 is 1. The van der Waals surface area contributed by atoms with Crippen molar-refractivity contribution in [2.45, 2.75) is 13.2 Å². The van der Waals surface area contributed by atoms with Gasteiger partial charge in [0, 0.05) is 0 Å². The highest BCUT2D eigenvalue weighted by molar-refractivity contribution is 5.31. The van der Waals surface area contributed by atoms with E-state index in [4.69, 9.17) is 19.7 Å². The lowest BCUT2D eigenvalue weighted by molar-refractivity contribution is 0.284. The maximum absolute atomic E-state index is 5.47. The molecule has 0 radical (unpaired) electrons. The lowest BCUT2D eigenvalue weighted by Gasteiger charge is -2.04. The van der Waals surface area contributed by atoms with Gasteiger partial charge in [-0.1, -0.05) is 5.16 Å². The minimum Gasteiger partial charge on any atom is -0.497 e. The van der Waals surface area contributed by atoms with Gasteiger partial charge in [0.05, 0.1) is 13.7 Å². The summed E-state index contributed by atoms with van der Waals surface area (Å²) in [5.74, 6) is 2.37. The zero-order chi connectivity index (χ0) is 12.1. The minimum absolute atomic E-state index is 0.232. The smallest absolute Gasteiger partial charge is 0.240 e. The predicted octanol–water partition coefficient (Wildman–Crippen LogP) is 1.12. The van der Waals surface area contributed by atoms with Gasteiger partial charge < -0.3 is 19.7 Å². The van der Waals surface area contributed by atoms with Crippen molar-refractivity contribution in [3.63, 3.8) is 0 Å². The summed E-state index contributed by atoms with van der Waals surface area (Å²) in [6.07, 6.45) is 0. The van der Waals surface area contributed by atoms with Crippen LogP contribution in [0.15, 0.2) is 28.8 Å². The summed E-state index contributed by atoms with van der Waals surface area (Å²) in [5, 5.41) is 3.72. The first kappa shape index (κ1) is 11.4. The van der Waals surface area contributed by atoms with E-state index in [-0.39, 0.29) is 13.2 Å². The van der Waals surface area contributed by atoms with Gasteiger partial charge >= 0.3 is 0 Å². The average molecular weight is 235 g/mol. The summed E-state index contributed by atoms with van der Waals surface area (Å²) in [4.78, 5) is 4.03. The second-order valence-electron chi connectivity index (χ2n) is 3.27. The third-order valence-corrected chi connectivity index (χ3v) is 2.11. The lowest BCUT2D eigenvalue weighted by Crippen LogP contribution is -1.99. The molecule has 0 bridgehead atoms. The lowest BCUT2D eigenvalue weighted by atomic mass is 10.3. The minimum atomic E-state index is 0.232. The van der Waals surface area contributed by atoms with Gasteiger partial charge in [-0.05, 0) is 24.3 Å². The Morgan fingerprint density at radius 3 is 2.53 bits per heavy atom. The van der Waals surface area contributed by atoms with Crippen LogP contribution in [0, 0.1) is 0 Å². The first-order valence-corrected chi connectivity index (χ1v) is 5.10. The molecule has 0 amide bonds. The van der Waals surface area contributed by atoms with Crippen LogP contribution in [0.25, 0.3) is 0 Å². The van der Waals surface area contributed by atoms with Crippen molar-refractivity contribution in [1.29, 1.82) is 0 Å². The number of rotatable bonds is 5. The first-order valence-electron chi connectivity index (χ1n) is 5.10. The van der Waals surface area contributed by atoms with Crippen molar-refractivity contribution in [3.05, 3.63) is 36.0 Å². The van der Waals surface area contributed by atoms with Crippen LogP contribution in [-0.2, 0) is 13.2 Å². The summed E-state index contributed by atoms with van der Waals surface area (Å²) < 4.78 is 15.4. The molecule has 6 nitrogen and oxygen atoms in total. The Morgan fingerprint density at radius 2 is 1.94 bits per heavy atom. The highest BCUT2D eigenvalue weighted by Gasteiger charge is 2.05. The molecule has 1 aromatic heterocycles. The number of hydrogen-bond donors (Lipinski definition) is 1. The molecule has 0 spiro atoms. The van der Waals surface area contributed by atoms with Gasteiger partial charge in [0.15, 0.2) is 6.61 Å². The Kier molecular flexibility index (Phi) is 3.56. The SMILES string of the molecule is COc1ccc(OCc2noc(CN)n2)cc1. The molecular formula is C11H13N3O3. The van der Waals surface area contributed by atoms with E-state index in [9.17, 15) is 0 Å². The Morgan fingerprint density at radius 1 is 1.24 bits per heavy atom. The fraction of sp³-hybridized carbons (Fsp3) is 0.273.